The largest absolute Gasteiger partial charge is 0.394 e. The number of piperazine rings is 1. The third-order valence-electron chi connectivity index (χ3n) is 3.35. The fourth-order valence-electron chi connectivity index (χ4n) is 2.01. The van der Waals surface area contributed by atoms with Crippen LogP contribution in [0, 0.1) is 6.92 Å². The first-order chi connectivity index (χ1) is 7.99. The van der Waals surface area contributed by atoms with Crippen LogP contribution in [0.4, 0.5) is 11.5 Å². The van der Waals surface area contributed by atoms with Gasteiger partial charge in [0.1, 0.15) is 0 Å². The van der Waals surface area contributed by atoms with Crippen molar-refractivity contribution in [2.24, 2.45) is 0 Å². The van der Waals surface area contributed by atoms with E-state index in [0.717, 1.165) is 31.1 Å². The molecule has 2 N–H and O–H groups in total. The van der Waals surface area contributed by atoms with E-state index in [0.29, 0.717) is 11.7 Å². The van der Waals surface area contributed by atoms with E-state index in [1.807, 2.05) is 6.92 Å². The molecule has 2 rings (SSSR count). The fourth-order valence-corrected chi connectivity index (χ4v) is 2.22. The van der Waals surface area contributed by atoms with E-state index in [2.05, 4.69) is 33.7 Å². The Hall–Kier alpha value is -1.07. The summed E-state index contributed by atoms with van der Waals surface area (Å²) in [5.41, 5.74) is 7.40. The zero-order valence-electron chi connectivity index (χ0n) is 10.4. The molecule has 0 radical (unpaired) electrons. The number of halogens is 1. The third-order valence-corrected chi connectivity index (χ3v) is 3.52. The van der Waals surface area contributed by atoms with Gasteiger partial charge in [-0.25, -0.2) is 4.98 Å². The highest BCUT2D eigenvalue weighted by molar-refractivity contribution is 6.28. The van der Waals surface area contributed by atoms with E-state index in [-0.39, 0.29) is 5.28 Å². The molecule has 0 aromatic carbocycles. The van der Waals surface area contributed by atoms with Crippen molar-refractivity contribution in [2.45, 2.75) is 19.9 Å². The smallest absolute Gasteiger partial charge is 0.224 e. The number of rotatable bonds is 1. The van der Waals surface area contributed by atoms with Gasteiger partial charge in [-0.2, -0.15) is 4.98 Å². The number of aromatic nitrogens is 2. The molecule has 1 saturated heterocycles. The van der Waals surface area contributed by atoms with Crippen LogP contribution in [0.2, 0.25) is 5.28 Å². The van der Waals surface area contributed by atoms with Crippen molar-refractivity contribution < 1.29 is 0 Å². The Morgan fingerprint density at radius 3 is 2.71 bits per heavy atom. The predicted molar refractivity (Wildman–Crippen MR) is 70.5 cm³/mol. The maximum Gasteiger partial charge on any atom is 0.224 e. The molecule has 94 valence electrons. The molecule has 1 aromatic rings. The molecule has 1 atom stereocenters. The Morgan fingerprint density at radius 2 is 2.06 bits per heavy atom. The molecular formula is C11H18ClN5. The van der Waals surface area contributed by atoms with E-state index in [1.54, 1.807) is 0 Å². The summed E-state index contributed by atoms with van der Waals surface area (Å²) in [6.07, 6.45) is 0. The number of nitrogens with zero attached hydrogens (tertiary/aromatic N) is 4. The molecule has 6 heteroatoms. The van der Waals surface area contributed by atoms with Gasteiger partial charge in [-0.15, -0.1) is 0 Å². The van der Waals surface area contributed by atoms with Crippen LogP contribution in [-0.2, 0) is 0 Å². The predicted octanol–water partition coefficient (Wildman–Crippen LogP) is 1.16. The minimum atomic E-state index is 0.262. The molecule has 0 amide bonds. The zero-order valence-corrected chi connectivity index (χ0v) is 11.2. The second kappa shape index (κ2) is 4.66. The molecule has 1 fully saturated rings. The first-order valence-corrected chi connectivity index (χ1v) is 6.11. The lowest BCUT2D eigenvalue weighted by atomic mass is 10.2. The van der Waals surface area contributed by atoms with Gasteiger partial charge in [-0.1, -0.05) is 0 Å². The van der Waals surface area contributed by atoms with Crippen LogP contribution in [0.1, 0.15) is 12.6 Å². The number of hydrogen-bond acceptors (Lipinski definition) is 5. The second-order valence-electron chi connectivity index (χ2n) is 4.59. The Balaban J connectivity index is 2.28. The van der Waals surface area contributed by atoms with Crippen molar-refractivity contribution in [1.29, 1.82) is 0 Å². The standard InChI is InChI=1S/C11H18ClN5/c1-7-6-17(5-4-16(7)3)10-9(13)8(2)14-11(12)15-10/h7H,4-6,13H2,1-3H3. The summed E-state index contributed by atoms with van der Waals surface area (Å²) in [6, 6.07) is 0.484. The minimum Gasteiger partial charge on any atom is -0.394 e. The molecule has 1 aliphatic rings. The van der Waals surface area contributed by atoms with Crippen LogP contribution in [0.5, 0.6) is 0 Å². The lowest BCUT2D eigenvalue weighted by Crippen LogP contribution is -2.50. The van der Waals surface area contributed by atoms with Crippen LogP contribution in [0.15, 0.2) is 0 Å². The summed E-state index contributed by atoms with van der Waals surface area (Å²) < 4.78 is 0. The molecule has 17 heavy (non-hydrogen) atoms. The van der Waals surface area contributed by atoms with Crippen LogP contribution in [0.3, 0.4) is 0 Å². The van der Waals surface area contributed by atoms with Gasteiger partial charge in [0.05, 0.1) is 11.4 Å². The number of anilines is 2. The first kappa shape index (κ1) is 12.4. The summed E-state index contributed by atoms with van der Waals surface area (Å²) in [5.74, 6) is 0.766. The van der Waals surface area contributed by atoms with E-state index in [4.69, 9.17) is 17.3 Å². The number of aryl methyl sites for hydroxylation is 1. The summed E-state index contributed by atoms with van der Waals surface area (Å²) in [6.45, 7) is 6.87. The number of nitrogen functional groups attached to an aromatic ring is 1. The van der Waals surface area contributed by atoms with Gasteiger partial charge in [0.2, 0.25) is 5.28 Å². The highest BCUT2D eigenvalue weighted by Gasteiger charge is 2.24. The second-order valence-corrected chi connectivity index (χ2v) is 4.93. The molecule has 5 nitrogen and oxygen atoms in total. The van der Waals surface area contributed by atoms with E-state index in [9.17, 15) is 0 Å². The quantitative estimate of drug-likeness (QED) is 0.764. The Labute approximate surface area is 107 Å². The summed E-state index contributed by atoms with van der Waals surface area (Å²) in [5, 5.41) is 0.262. The Kier molecular flexibility index (Phi) is 3.40. The topological polar surface area (TPSA) is 58.3 Å². The van der Waals surface area contributed by atoms with Crippen molar-refractivity contribution in [1.82, 2.24) is 14.9 Å². The molecule has 1 aromatic heterocycles. The van der Waals surface area contributed by atoms with Crippen molar-refractivity contribution in [3.63, 3.8) is 0 Å². The van der Waals surface area contributed by atoms with Gasteiger partial charge in [0, 0.05) is 25.7 Å². The third kappa shape index (κ3) is 2.45. The molecule has 0 aliphatic carbocycles. The van der Waals surface area contributed by atoms with Crippen molar-refractivity contribution >= 4 is 23.1 Å². The maximum absolute atomic E-state index is 6.02. The van der Waals surface area contributed by atoms with Crippen LogP contribution in [0.25, 0.3) is 0 Å². The molecule has 0 saturated carbocycles. The molecular weight excluding hydrogens is 238 g/mol. The number of hydrogen-bond donors (Lipinski definition) is 1. The lowest BCUT2D eigenvalue weighted by Gasteiger charge is -2.38. The average Bonchev–Trinajstić information content (AvgIpc) is 2.27. The summed E-state index contributed by atoms with van der Waals surface area (Å²) in [4.78, 5) is 12.8. The van der Waals surface area contributed by atoms with Crippen molar-refractivity contribution in [3.05, 3.63) is 11.0 Å². The van der Waals surface area contributed by atoms with Gasteiger partial charge < -0.3 is 15.5 Å². The lowest BCUT2D eigenvalue weighted by molar-refractivity contribution is 0.233. The van der Waals surface area contributed by atoms with E-state index < -0.39 is 0 Å². The van der Waals surface area contributed by atoms with E-state index >= 15 is 0 Å². The normalized spacial score (nSPS) is 21.9. The van der Waals surface area contributed by atoms with Gasteiger partial charge >= 0.3 is 0 Å². The zero-order chi connectivity index (χ0) is 12.6. The maximum atomic E-state index is 6.02. The minimum absolute atomic E-state index is 0.262. The SMILES string of the molecule is Cc1nc(Cl)nc(N2CCN(C)C(C)C2)c1N. The monoisotopic (exact) mass is 255 g/mol. The van der Waals surface area contributed by atoms with E-state index in [1.165, 1.54) is 0 Å². The van der Waals surface area contributed by atoms with Gasteiger partial charge in [-0.05, 0) is 32.5 Å². The average molecular weight is 256 g/mol. The highest BCUT2D eigenvalue weighted by Crippen LogP contribution is 2.26. The highest BCUT2D eigenvalue weighted by atomic mass is 35.5. The van der Waals surface area contributed by atoms with Crippen molar-refractivity contribution in [2.75, 3.05) is 37.3 Å². The van der Waals surface area contributed by atoms with Gasteiger partial charge in [0.15, 0.2) is 5.82 Å². The Morgan fingerprint density at radius 1 is 1.35 bits per heavy atom. The molecule has 0 spiro atoms. The molecule has 0 bridgehead atoms. The van der Waals surface area contributed by atoms with Crippen LogP contribution < -0.4 is 10.6 Å². The van der Waals surface area contributed by atoms with Crippen LogP contribution >= 0.6 is 11.6 Å². The summed E-state index contributed by atoms with van der Waals surface area (Å²) in [7, 11) is 2.13. The Bertz CT molecular complexity index is 423. The molecule has 2 heterocycles. The van der Waals surface area contributed by atoms with Gasteiger partial charge in [0.25, 0.3) is 0 Å². The summed E-state index contributed by atoms with van der Waals surface area (Å²) >= 11 is 5.89. The first-order valence-electron chi connectivity index (χ1n) is 5.74. The fraction of sp³-hybridized carbons (Fsp3) is 0.636. The number of likely N-dealkylation sites (N-methyl/N-ethyl adjacent to an activating group) is 1. The van der Waals surface area contributed by atoms with Crippen molar-refractivity contribution in [3.8, 4) is 0 Å². The molecule has 1 unspecified atom stereocenters. The van der Waals surface area contributed by atoms with Crippen LogP contribution in [-0.4, -0.2) is 47.6 Å². The molecule has 1 aliphatic heterocycles. The van der Waals surface area contributed by atoms with Gasteiger partial charge in [-0.3, -0.25) is 0 Å². The number of nitrogens with two attached hydrogens (primary N) is 1.